The molecule has 0 saturated heterocycles. The highest BCUT2D eigenvalue weighted by atomic mass is 19.4. The van der Waals surface area contributed by atoms with Crippen molar-refractivity contribution in [2.75, 3.05) is 11.9 Å². The molecule has 8 nitrogen and oxygen atoms in total. The van der Waals surface area contributed by atoms with Crippen molar-refractivity contribution in [3.63, 3.8) is 0 Å². The number of aromatic nitrogens is 3. The summed E-state index contributed by atoms with van der Waals surface area (Å²) in [5, 5.41) is 18.1. The topological polar surface area (TPSA) is 109 Å². The molecule has 1 aromatic carbocycles. The van der Waals surface area contributed by atoms with Crippen LogP contribution in [0.2, 0.25) is 0 Å². The van der Waals surface area contributed by atoms with E-state index in [2.05, 4.69) is 20.7 Å². The number of hydrogen-bond acceptors (Lipinski definition) is 5. The summed E-state index contributed by atoms with van der Waals surface area (Å²) in [7, 11) is 0. The van der Waals surface area contributed by atoms with Crippen LogP contribution < -0.4 is 10.6 Å². The normalized spacial score (nSPS) is 13.8. The zero-order chi connectivity index (χ0) is 20.9. The van der Waals surface area contributed by atoms with Gasteiger partial charge in [-0.2, -0.15) is 18.3 Å². The molecule has 2 aromatic rings. The molecule has 3 N–H and O–H groups in total. The second kappa shape index (κ2) is 8.83. The van der Waals surface area contributed by atoms with Crippen molar-refractivity contribution in [2.24, 2.45) is 5.92 Å². The fourth-order valence-electron chi connectivity index (χ4n) is 2.51. The number of anilines is 1. The lowest BCUT2D eigenvalue weighted by Crippen LogP contribution is -2.45. The van der Waals surface area contributed by atoms with Crippen molar-refractivity contribution in [1.82, 2.24) is 20.1 Å². The number of nitrogens with one attached hydrogen (secondary N) is 2. The van der Waals surface area contributed by atoms with Crippen LogP contribution in [0.1, 0.15) is 25.8 Å². The summed E-state index contributed by atoms with van der Waals surface area (Å²) in [6.07, 6.45) is -1.53. The second-order valence-electron chi connectivity index (χ2n) is 6.20. The Balaban J connectivity index is 2.21. The number of nitrogens with zero attached hydrogens (tertiary/aromatic N) is 3. The Labute approximate surface area is 158 Å². The maximum absolute atomic E-state index is 13.0. The molecular weight excluding hydrogens is 379 g/mol. The predicted octanol–water partition coefficient (Wildman–Crippen LogP) is 2.31. The molecule has 2 rings (SSSR count). The monoisotopic (exact) mass is 399 g/mol. The predicted molar refractivity (Wildman–Crippen MR) is 93.9 cm³/mol. The van der Waals surface area contributed by atoms with E-state index >= 15 is 0 Å². The van der Waals surface area contributed by atoms with E-state index in [1.165, 1.54) is 23.4 Å². The minimum Gasteiger partial charge on any atom is -0.480 e. The van der Waals surface area contributed by atoms with Gasteiger partial charge in [-0.05, 0) is 24.1 Å². The molecule has 11 heteroatoms. The third-order valence-electron chi connectivity index (χ3n) is 4.23. The molecule has 0 fully saturated rings. The first-order valence-corrected chi connectivity index (χ1v) is 8.45. The maximum atomic E-state index is 13.0. The van der Waals surface area contributed by atoms with Gasteiger partial charge in [-0.1, -0.05) is 20.3 Å². The van der Waals surface area contributed by atoms with Gasteiger partial charge in [0.1, 0.15) is 18.7 Å². The van der Waals surface area contributed by atoms with E-state index in [1.807, 2.05) is 6.92 Å². The van der Waals surface area contributed by atoms with Crippen LogP contribution in [0.5, 0.6) is 0 Å². The minimum absolute atomic E-state index is 0.123. The number of carboxylic acid groups (broad SMARTS) is 1. The average molecular weight is 399 g/mol. The molecule has 1 heterocycles. The lowest BCUT2D eigenvalue weighted by molar-refractivity contribution is -0.141. The van der Waals surface area contributed by atoms with Crippen molar-refractivity contribution in [2.45, 2.75) is 32.5 Å². The number of benzene rings is 1. The van der Waals surface area contributed by atoms with Gasteiger partial charge >= 0.3 is 12.1 Å². The van der Waals surface area contributed by atoms with Gasteiger partial charge in [-0.25, -0.2) is 9.67 Å². The fraction of sp³-hybridized carbons (Fsp3) is 0.412. The van der Waals surface area contributed by atoms with E-state index in [0.717, 1.165) is 12.1 Å². The Bertz CT molecular complexity index is 824. The summed E-state index contributed by atoms with van der Waals surface area (Å²) in [6.45, 7) is 3.16. The van der Waals surface area contributed by atoms with Gasteiger partial charge in [0.05, 0.1) is 23.5 Å². The molecular formula is C17H20F3N5O3. The highest BCUT2D eigenvalue weighted by molar-refractivity contribution is 5.94. The summed E-state index contributed by atoms with van der Waals surface area (Å²) in [5.41, 5.74) is -0.874. The van der Waals surface area contributed by atoms with Crippen LogP contribution >= 0.6 is 0 Å². The Morgan fingerprint density at radius 3 is 2.57 bits per heavy atom. The highest BCUT2D eigenvalue weighted by Gasteiger charge is 2.31. The van der Waals surface area contributed by atoms with E-state index in [9.17, 15) is 27.9 Å². The van der Waals surface area contributed by atoms with Crippen LogP contribution in [-0.4, -0.2) is 44.3 Å². The van der Waals surface area contributed by atoms with Crippen LogP contribution in [0.15, 0.2) is 30.9 Å². The van der Waals surface area contributed by atoms with E-state index in [4.69, 9.17) is 0 Å². The van der Waals surface area contributed by atoms with Gasteiger partial charge in [0, 0.05) is 0 Å². The van der Waals surface area contributed by atoms with Crippen molar-refractivity contribution >= 4 is 17.6 Å². The van der Waals surface area contributed by atoms with Crippen LogP contribution in [-0.2, 0) is 15.8 Å². The molecule has 0 radical (unpaired) electrons. The summed E-state index contributed by atoms with van der Waals surface area (Å²) in [4.78, 5) is 27.3. The molecule has 0 aliphatic rings. The summed E-state index contributed by atoms with van der Waals surface area (Å²) < 4.78 is 40.3. The molecule has 0 bridgehead atoms. The maximum Gasteiger partial charge on any atom is 0.416 e. The average Bonchev–Trinajstić information content (AvgIpc) is 3.14. The zero-order valence-corrected chi connectivity index (χ0v) is 15.2. The molecule has 1 amide bonds. The number of alkyl halides is 3. The van der Waals surface area contributed by atoms with Crippen molar-refractivity contribution in [3.8, 4) is 5.69 Å². The van der Waals surface area contributed by atoms with Crippen LogP contribution in [0, 0.1) is 5.92 Å². The van der Waals surface area contributed by atoms with Crippen LogP contribution in [0.4, 0.5) is 18.9 Å². The number of hydrogen-bond donors (Lipinski definition) is 3. The summed E-state index contributed by atoms with van der Waals surface area (Å²) in [5.74, 6) is -2.02. The molecule has 0 unspecified atom stereocenters. The SMILES string of the molecule is CC[C@H](C)[C@H](NCC(=O)Nc1cc(C(F)(F)F)ccc1-n1cncn1)C(=O)O. The number of halogens is 3. The Hall–Kier alpha value is -2.95. The van der Waals surface area contributed by atoms with Crippen molar-refractivity contribution in [1.29, 1.82) is 0 Å². The van der Waals surface area contributed by atoms with Gasteiger partial charge < -0.3 is 10.4 Å². The number of carboxylic acids is 1. The molecule has 0 aliphatic carbocycles. The molecule has 0 spiro atoms. The second-order valence-corrected chi connectivity index (χ2v) is 6.20. The van der Waals surface area contributed by atoms with E-state index in [-0.39, 0.29) is 23.8 Å². The molecule has 0 saturated carbocycles. The fourth-order valence-corrected chi connectivity index (χ4v) is 2.51. The van der Waals surface area contributed by atoms with Gasteiger partial charge in [-0.3, -0.25) is 14.9 Å². The largest absolute Gasteiger partial charge is 0.480 e. The highest BCUT2D eigenvalue weighted by Crippen LogP contribution is 2.33. The number of amides is 1. The zero-order valence-electron chi connectivity index (χ0n) is 15.2. The summed E-state index contributed by atoms with van der Waals surface area (Å²) >= 11 is 0. The van der Waals surface area contributed by atoms with E-state index in [1.54, 1.807) is 6.92 Å². The number of carbonyl (C=O) groups excluding carboxylic acids is 1. The van der Waals surface area contributed by atoms with Crippen molar-refractivity contribution < 1.29 is 27.9 Å². The first kappa shape index (κ1) is 21.4. The standard InChI is InChI=1S/C17H20F3N5O3/c1-3-10(2)15(16(27)28)22-7-14(26)24-12-6-11(17(18,19)20)4-5-13(12)25-9-21-8-23-25/h4-6,8-10,15,22H,3,7H2,1-2H3,(H,24,26)(H,27,28)/t10-,15-/m0/s1. The molecule has 28 heavy (non-hydrogen) atoms. The first-order valence-electron chi connectivity index (χ1n) is 8.45. The molecule has 152 valence electrons. The molecule has 2 atom stereocenters. The van der Waals surface area contributed by atoms with E-state index in [0.29, 0.717) is 6.42 Å². The molecule has 1 aromatic heterocycles. The Kier molecular flexibility index (Phi) is 6.73. The van der Waals surface area contributed by atoms with Crippen LogP contribution in [0.3, 0.4) is 0 Å². The van der Waals surface area contributed by atoms with Gasteiger partial charge in [0.15, 0.2) is 0 Å². The quantitative estimate of drug-likeness (QED) is 0.629. The van der Waals surface area contributed by atoms with Gasteiger partial charge in [-0.15, -0.1) is 0 Å². The smallest absolute Gasteiger partial charge is 0.416 e. The van der Waals surface area contributed by atoms with Gasteiger partial charge in [0.25, 0.3) is 0 Å². The minimum atomic E-state index is -4.59. The molecule has 0 aliphatic heterocycles. The Morgan fingerprint density at radius 1 is 1.32 bits per heavy atom. The number of rotatable bonds is 8. The van der Waals surface area contributed by atoms with Gasteiger partial charge in [0.2, 0.25) is 5.91 Å². The van der Waals surface area contributed by atoms with E-state index < -0.39 is 29.7 Å². The third kappa shape index (κ3) is 5.28. The van der Waals surface area contributed by atoms with Crippen LogP contribution in [0.25, 0.3) is 5.69 Å². The first-order chi connectivity index (χ1) is 13.1. The Morgan fingerprint density at radius 2 is 2.04 bits per heavy atom. The lowest BCUT2D eigenvalue weighted by atomic mass is 9.99. The number of aliphatic carboxylic acids is 1. The number of carbonyl (C=O) groups is 2. The van der Waals surface area contributed by atoms with Crippen molar-refractivity contribution in [3.05, 3.63) is 36.4 Å². The third-order valence-corrected chi connectivity index (χ3v) is 4.23. The lowest BCUT2D eigenvalue weighted by Gasteiger charge is -2.20. The summed E-state index contributed by atoms with van der Waals surface area (Å²) in [6, 6.07) is 1.87.